The van der Waals surface area contributed by atoms with Crippen LogP contribution < -0.4 is 15.1 Å². The predicted molar refractivity (Wildman–Crippen MR) is 122 cm³/mol. The standard InChI is InChI=1S/C25H23N3O5/c1-3-22(29)28(26-24(31)20-10-6-8-16-7-4-5-9-19(16)20)21-15-23(30)27(25(21)32)17-11-13-18(33-2)14-12-17/h4-14,21H,3,15H2,1-2H3,(H,26,31). The van der Waals surface area contributed by atoms with Crippen molar-refractivity contribution in [2.75, 3.05) is 12.0 Å². The number of methoxy groups -OCH3 is 1. The van der Waals surface area contributed by atoms with Crippen molar-refractivity contribution in [2.45, 2.75) is 25.8 Å². The Morgan fingerprint density at radius 3 is 2.42 bits per heavy atom. The maximum Gasteiger partial charge on any atom is 0.270 e. The van der Waals surface area contributed by atoms with Gasteiger partial charge in [-0.15, -0.1) is 0 Å². The van der Waals surface area contributed by atoms with Gasteiger partial charge in [-0.2, -0.15) is 0 Å². The van der Waals surface area contributed by atoms with Crippen molar-refractivity contribution >= 4 is 40.1 Å². The van der Waals surface area contributed by atoms with Gasteiger partial charge >= 0.3 is 0 Å². The summed E-state index contributed by atoms with van der Waals surface area (Å²) >= 11 is 0. The molecule has 8 nitrogen and oxygen atoms in total. The van der Waals surface area contributed by atoms with Gasteiger partial charge in [0.15, 0.2) is 0 Å². The lowest BCUT2D eigenvalue weighted by atomic mass is 10.0. The van der Waals surface area contributed by atoms with Crippen LogP contribution in [0.4, 0.5) is 5.69 Å². The van der Waals surface area contributed by atoms with Crippen molar-refractivity contribution in [2.24, 2.45) is 0 Å². The highest BCUT2D eigenvalue weighted by atomic mass is 16.5. The van der Waals surface area contributed by atoms with Crippen LogP contribution in [0.25, 0.3) is 10.8 Å². The molecular formula is C25H23N3O5. The Morgan fingerprint density at radius 1 is 1.03 bits per heavy atom. The van der Waals surface area contributed by atoms with Crippen molar-refractivity contribution in [1.82, 2.24) is 10.4 Å². The summed E-state index contributed by atoms with van der Waals surface area (Å²) in [7, 11) is 1.52. The van der Waals surface area contributed by atoms with Crippen LogP contribution in [-0.2, 0) is 14.4 Å². The first-order valence-corrected chi connectivity index (χ1v) is 10.6. The molecule has 0 saturated carbocycles. The summed E-state index contributed by atoms with van der Waals surface area (Å²) in [6, 6.07) is 18.0. The molecule has 1 saturated heterocycles. The molecule has 1 atom stereocenters. The fourth-order valence-electron chi connectivity index (χ4n) is 3.90. The number of fused-ring (bicyclic) bond motifs is 1. The molecule has 1 aliphatic heterocycles. The van der Waals surface area contributed by atoms with Crippen molar-refractivity contribution in [3.63, 3.8) is 0 Å². The van der Waals surface area contributed by atoms with Crippen LogP contribution in [0, 0.1) is 0 Å². The molecular weight excluding hydrogens is 422 g/mol. The molecule has 8 heteroatoms. The van der Waals surface area contributed by atoms with E-state index in [9.17, 15) is 19.2 Å². The number of nitrogens with one attached hydrogen (secondary N) is 1. The lowest BCUT2D eigenvalue weighted by Crippen LogP contribution is -2.54. The van der Waals surface area contributed by atoms with E-state index in [1.165, 1.54) is 7.11 Å². The van der Waals surface area contributed by atoms with Gasteiger partial charge in [0.05, 0.1) is 19.2 Å². The monoisotopic (exact) mass is 445 g/mol. The zero-order valence-electron chi connectivity index (χ0n) is 18.3. The topological polar surface area (TPSA) is 96.0 Å². The van der Waals surface area contributed by atoms with Gasteiger partial charge < -0.3 is 4.74 Å². The van der Waals surface area contributed by atoms with E-state index in [0.717, 1.165) is 20.7 Å². The van der Waals surface area contributed by atoms with Crippen LogP contribution in [0.15, 0.2) is 66.7 Å². The molecule has 1 heterocycles. The summed E-state index contributed by atoms with van der Waals surface area (Å²) in [5, 5.41) is 2.58. The van der Waals surface area contributed by atoms with E-state index in [2.05, 4.69) is 5.43 Å². The van der Waals surface area contributed by atoms with Gasteiger partial charge in [0.25, 0.3) is 11.8 Å². The van der Waals surface area contributed by atoms with E-state index in [1.54, 1.807) is 43.3 Å². The number of hydrazine groups is 1. The van der Waals surface area contributed by atoms with Gasteiger partial charge in [0.2, 0.25) is 11.8 Å². The minimum absolute atomic E-state index is 0.0519. The molecule has 1 fully saturated rings. The number of amides is 4. The fraction of sp³-hybridized carbons (Fsp3) is 0.200. The Labute approximate surface area is 190 Å². The molecule has 3 aromatic rings. The normalized spacial score (nSPS) is 15.6. The van der Waals surface area contributed by atoms with Crippen LogP contribution in [0.2, 0.25) is 0 Å². The number of anilines is 1. The molecule has 33 heavy (non-hydrogen) atoms. The fourth-order valence-corrected chi connectivity index (χ4v) is 3.90. The number of ether oxygens (including phenoxy) is 1. The van der Waals surface area contributed by atoms with Gasteiger partial charge in [0.1, 0.15) is 11.8 Å². The quantitative estimate of drug-likeness (QED) is 0.481. The van der Waals surface area contributed by atoms with Gasteiger partial charge in [-0.05, 0) is 41.1 Å². The first-order chi connectivity index (χ1) is 15.9. The number of carbonyl (C=O) groups excluding carboxylic acids is 4. The second-order valence-corrected chi connectivity index (χ2v) is 7.57. The van der Waals surface area contributed by atoms with E-state index in [4.69, 9.17) is 4.74 Å². The van der Waals surface area contributed by atoms with Crippen LogP contribution in [-0.4, -0.2) is 41.8 Å². The largest absolute Gasteiger partial charge is 0.497 e. The molecule has 0 spiro atoms. The smallest absolute Gasteiger partial charge is 0.270 e. The average Bonchev–Trinajstić information content (AvgIpc) is 3.14. The second kappa shape index (κ2) is 9.12. The first-order valence-electron chi connectivity index (χ1n) is 10.6. The lowest BCUT2D eigenvalue weighted by Gasteiger charge is -2.27. The van der Waals surface area contributed by atoms with E-state index >= 15 is 0 Å². The lowest BCUT2D eigenvalue weighted by molar-refractivity contribution is -0.140. The molecule has 3 aromatic carbocycles. The van der Waals surface area contributed by atoms with Crippen LogP contribution >= 0.6 is 0 Å². The Hall–Kier alpha value is -4.20. The molecule has 1 aliphatic rings. The van der Waals surface area contributed by atoms with Crippen molar-refractivity contribution in [1.29, 1.82) is 0 Å². The summed E-state index contributed by atoms with van der Waals surface area (Å²) in [5.41, 5.74) is 3.32. The number of benzene rings is 3. The highest BCUT2D eigenvalue weighted by Crippen LogP contribution is 2.27. The zero-order chi connectivity index (χ0) is 23.5. The first kappa shape index (κ1) is 22.0. The van der Waals surface area contributed by atoms with Crippen molar-refractivity contribution in [3.8, 4) is 5.75 Å². The number of imide groups is 1. The van der Waals surface area contributed by atoms with Gasteiger partial charge in [-0.3, -0.25) is 24.6 Å². The summed E-state index contributed by atoms with van der Waals surface area (Å²) in [6.07, 6.45) is -0.178. The zero-order valence-corrected chi connectivity index (χ0v) is 18.3. The molecule has 0 radical (unpaired) electrons. The number of hydrogen-bond acceptors (Lipinski definition) is 5. The summed E-state index contributed by atoms with van der Waals surface area (Å²) in [6.45, 7) is 1.63. The minimum Gasteiger partial charge on any atom is -0.497 e. The van der Waals surface area contributed by atoms with E-state index in [-0.39, 0.29) is 12.8 Å². The third kappa shape index (κ3) is 4.15. The van der Waals surface area contributed by atoms with Crippen LogP contribution in [0.3, 0.4) is 0 Å². The molecule has 4 rings (SSSR count). The predicted octanol–water partition coefficient (Wildman–Crippen LogP) is 3.06. The number of nitrogens with zero attached hydrogens (tertiary/aromatic N) is 2. The number of hydrogen-bond donors (Lipinski definition) is 1. The van der Waals surface area contributed by atoms with E-state index in [0.29, 0.717) is 17.0 Å². The summed E-state index contributed by atoms with van der Waals surface area (Å²) < 4.78 is 5.12. The molecule has 4 amide bonds. The SMILES string of the molecule is CCC(=O)N(NC(=O)c1cccc2ccccc12)C1CC(=O)N(c2ccc(OC)cc2)C1=O. The average molecular weight is 445 g/mol. The Kier molecular flexibility index (Phi) is 6.08. The summed E-state index contributed by atoms with van der Waals surface area (Å²) in [4.78, 5) is 52.8. The third-order valence-electron chi connectivity index (χ3n) is 5.59. The van der Waals surface area contributed by atoms with E-state index in [1.807, 2.05) is 30.3 Å². The Morgan fingerprint density at radius 2 is 1.73 bits per heavy atom. The van der Waals surface area contributed by atoms with Crippen molar-refractivity contribution in [3.05, 3.63) is 72.3 Å². The van der Waals surface area contributed by atoms with Gasteiger partial charge in [0, 0.05) is 12.0 Å². The third-order valence-corrected chi connectivity index (χ3v) is 5.59. The molecule has 168 valence electrons. The molecule has 1 unspecified atom stereocenters. The van der Waals surface area contributed by atoms with Crippen LogP contribution in [0.1, 0.15) is 30.1 Å². The number of rotatable bonds is 5. The Bertz CT molecular complexity index is 1230. The van der Waals surface area contributed by atoms with Gasteiger partial charge in [-0.1, -0.05) is 43.3 Å². The van der Waals surface area contributed by atoms with Gasteiger partial charge in [-0.25, -0.2) is 9.91 Å². The molecule has 0 aromatic heterocycles. The number of carbonyl (C=O) groups is 4. The van der Waals surface area contributed by atoms with Crippen molar-refractivity contribution < 1.29 is 23.9 Å². The Balaban J connectivity index is 1.62. The maximum absolute atomic E-state index is 13.2. The minimum atomic E-state index is -1.13. The molecule has 0 bridgehead atoms. The second-order valence-electron chi connectivity index (χ2n) is 7.57. The highest BCUT2D eigenvalue weighted by molar-refractivity contribution is 6.23. The van der Waals surface area contributed by atoms with E-state index < -0.39 is 29.7 Å². The summed E-state index contributed by atoms with van der Waals surface area (Å²) in [5.74, 6) is -1.45. The molecule has 1 N–H and O–H groups in total. The van der Waals surface area contributed by atoms with Crippen LogP contribution in [0.5, 0.6) is 5.75 Å². The molecule has 0 aliphatic carbocycles. The maximum atomic E-state index is 13.2. The highest BCUT2D eigenvalue weighted by Gasteiger charge is 2.45.